The van der Waals surface area contributed by atoms with E-state index in [1.807, 2.05) is 6.92 Å². The largest absolute Gasteiger partial charge is 0.355 e. The molecule has 1 atom stereocenters. The summed E-state index contributed by atoms with van der Waals surface area (Å²) in [6, 6.07) is 4.90. The van der Waals surface area contributed by atoms with Crippen LogP contribution in [0, 0.1) is 0 Å². The van der Waals surface area contributed by atoms with Crippen LogP contribution in [0.2, 0.25) is 10.0 Å². The Labute approximate surface area is 134 Å². The minimum atomic E-state index is -0.295. The lowest BCUT2D eigenvalue weighted by Crippen LogP contribution is -2.44. The van der Waals surface area contributed by atoms with E-state index < -0.39 is 0 Å². The third kappa shape index (κ3) is 6.69. The molecule has 3 amide bonds. The molecule has 0 aromatic heterocycles. The summed E-state index contributed by atoms with van der Waals surface area (Å²) in [5.41, 5.74) is 0.812. The van der Waals surface area contributed by atoms with E-state index >= 15 is 0 Å². The number of nitrogens with one attached hydrogen (secondary N) is 3. The van der Waals surface area contributed by atoms with Gasteiger partial charge in [0.25, 0.3) is 0 Å². The van der Waals surface area contributed by atoms with Gasteiger partial charge in [0.2, 0.25) is 5.91 Å². The first-order valence-corrected chi connectivity index (χ1v) is 7.37. The molecule has 1 rings (SSSR count). The Morgan fingerprint density at radius 1 is 1.14 bits per heavy atom. The van der Waals surface area contributed by atoms with Crippen molar-refractivity contribution in [3.8, 4) is 0 Å². The van der Waals surface area contributed by atoms with Crippen molar-refractivity contribution in [2.24, 2.45) is 0 Å². The molecule has 1 aromatic carbocycles. The van der Waals surface area contributed by atoms with Crippen molar-refractivity contribution in [3.05, 3.63) is 33.8 Å². The van der Waals surface area contributed by atoms with E-state index in [4.69, 9.17) is 23.2 Å². The molecule has 0 aliphatic heterocycles. The highest BCUT2D eigenvalue weighted by atomic mass is 35.5. The maximum atomic E-state index is 11.7. The van der Waals surface area contributed by atoms with Gasteiger partial charge in [0.05, 0.1) is 0 Å². The monoisotopic (exact) mass is 331 g/mol. The molecule has 21 heavy (non-hydrogen) atoms. The van der Waals surface area contributed by atoms with Gasteiger partial charge < -0.3 is 16.0 Å². The molecule has 1 aromatic rings. The van der Waals surface area contributed by atoms with Crippen LogP contribution in [0.1, 0.15) is 19.4 Å². The summed E-state index contributed by atoms with van der Waals surface area (Å²) >= 11 is 12.2. The highest BCUT2D eigenvalue weighted by Gasteiger charge is 2.12. The van der Waals surface area contributed by atoms with Crippen molar-refractivity contribution in [1.82, 2.24) is 16.0 Å². The van der Waals surface area contributed by atoms with Gasteiger partial charge in [-0.15, -0.1) is 0 Å². The lowest BCUT2D eigenvalue weighted by atomic mass is 10.1. The molecule has 0 spiro atoms. The topological polar surface area (TPSA) is 70.2 Å². The first-order valence-electron chi connectivity index (χ1n) is 6.62. The number of hydrogen-bond acceptors (Lipinski definition) is 2. The van der Waals surface area contributed by atoms with E-state index in [0.29, 0.717) is 29.6 Å². The van der Waals surface area contributed by atoms with Gasteiger partial charge in [0.15, 0.2) is 0 Å². The fourth-order valence-electron chi connectivity index (χ4n) is 1.77. The van der Waals surface area contributed by atoms with Crippen LogP contribution in [-0.2, 0) is 11.2 Å². The first-order chi connectivity index (χ1) is 9.90. The highest BCUT2D eigenvalue weighted by Crippen LogP contribution is 2.25. The van der Waals surface area contributed by atoms with E-state index in [2.05, 4.69) is 16.0 Å². The van der Waals surface area contributed by atoms with Crippen molar-refractivity contribution in [3.63, 3.8) is 0 Å². The summed E-state index contributed by atoms with van der Waals surface area (Å²) in [6.45, 7) is 4.06. The molecular weight excluding hydrogens is 313 g/mol. The second-order valence-corrected chi connectivity index (χ2v) is 5.50. The Morgan fingerprint density at radius 3 is 2.29 bits per heavy atom. The lowest BCUT2D eigenvalue weighted by molar-refractivity contribution is -0.118. The summed E-state index contributed by atoms with van der Waals surface area (Å²) in [6.07, 6.45) is 0.539. The van der Waals surface area contributed by atoms with E-state index in [9.17, 15) is 9.59 Å². The Hall–Kier alpha value is -1.46. The van der Waals surface area contributed by atoms with E-state index in [1.54, 1.807) is 18.2 Å². The summed E-state index contributed by atoms with van der Waals surface area (Å²) in [7, 11) is 0. The molecule has 0 saturated heterocycles. The van der Waals surface area contributed by atoms with Crippen LogP contribution >= 0.6 is 23.2 Å². The van der Waals surface area contributed by atoms with Crippen molar-refractivity contribution >= 4 is 35.1 Å². The summed E-state index contributed by atoms with van der Waals surface area (Å²) in [5.74, 6) is -0.126. The van der Waals surface area contributed by atoms with E-state index in [-0.39, 0.29) is 18.0 Å². The third-order valence-electron chi connectivity index (χ3n) is 2.73. The smallest absolute Gasteiger partial charge is 0.315 e. The van der Waals surface area contributed by atoms with Crippen LogP contribution in [-0.4, -0.2) is 31.1 Å². The fourth-order valence-corrected chi connectivity index (χ4v) is 2.33. The van der Waals surface area contributed by atoms with Crippen molar-refractivity contribution < 1.29 is 9.59 Å². The number of urea groups is 1. The molecule has 0 heterocycles. The van der Waals surface area contributed by atoms with E-state index in [0.717, 1.165) is 5.56 Å². The number of amides is 3. The zero-order valence-corrected chi connectivity index (χ0v) is 13.5. The van der Waals surface area contributed by atoms with Crippen molar-refractivity contribution in [2.45, 2.75) is 26.3 Å². The van der Waals surface area contributed by atoms with Crippen molar-refractivity contribution in [2.75, 3.05) is 13.1 Å². The molecule has 0 radical (unpaired) electrons. The Bertz CT molecular complexity index is 489. The van der Waals surface area contributed by atoms with Gasteiger partial charge in [0, 0.05) is 36.1 Å². The quantitative estimate of drug-likeness (QED) is 0.700. The zero-order chi connectivity index (χ0) is 15.8. The third-order valence-corrected chi connectivity index (χ3v) is 3.44. The molecule has 0 aliphatic rings. The van der Waals surface area contributed by atoms with Crippen LogP contribution < -0.4 is 16.0 Å². The van der Waals surface area contributed by atoms with Crippen molar-refractivity contribution in [1.29, 1.82) is 0 Å². The van der Waals surface area contributed by atoms with Gasteiger partial charge >= 0.3 is 6.03 Å². The van der Waals surface area contributed by atoms with Crippen LogP contribution in [0.25, 0.3) is 0 Å². The second kappa shape index (κ2) is 8.74. The average Bonchev–Trinajstić information content (AvgIpc) is 2.39. The maximum Gasteiger partial charge on any atom is 0.315 e. The van der Waals surface area contributed by atoms with Gasteiger partial charge in [-0.25, -0.2) is 4.79 Å². The first kappa shape index (κ1) is 17.6. The van der Waals surface area contributed by atoms with Gasteiger partial charge in [-0.1, -0.05) is 29.3 Å². The number of carbonyl (C=O) groups excluding carboxylic acids is 2. The predicted octanol–water partition coefficient (Wildman–Crippen LogP) is 2.36. The molecule has 0 bridgehead atoms. The lowest BCUT2D eigenvalue weighted by Gasteiger charge is -2.16. The van der Waals surface area contributed by atoms with Gasteiger partial charge in [-0.05, 0) is 31.0 Å². The Kier molecular flexibility index (Phi) is 7.32. The predicted molar refractivity (Wildman–Crippen MR) is 84.8 cm³/mol. The Morgan fingerprint density at radius 2 is 1.71 bits per heavy atom. The van der Waals surface area contributed by atoms with Crippen LogP contribution in [0.15, 0.2) is 18.2 Å². The number of carbonyl (C=O) groups is 2. The minimum Gasteiger partial charge on any atom is -0.355 e. The molecule has 0 unspecified atom stereocenters. The number of halogens is 2. The minimum absolute atomic E-state index is 0.122. The number of rotatable bonds is 6. The molecule has 7 heteroatoms. The maximum absolute atomic E-state index is 11.7. The normalized spacial score (nSPS) is 11.6. The molecule has 0 aliphatic carbocycles. The SMILES string of the molecule is CC(=O)NCCNC(=O)N[C@H](C)Cc1c(Cl)cccc1Cl. The highest BCUT2D eigenvalue weighted by molar-refractivity contribution is 6.36. The zero-order valence-electron chi connectivity index (χ0n) is 12.0. The summed E-state index contributed by atoms with van der Waals surface area (Å²) in [5, 5.41) is 9.21. The average molecular weight is 332 g/mol. The standard InChI is InChI=1S/C14H19Cl2N3O2/c1-9(8-11-12(15)4-3-5-13(11)16)19-14(21)18-7-6-17-10(2)20/h3-5,9H,6-8H2,1-2H3,(H,17,20)(H2,18,19,21)/t9-/m1/s1. The second-order valence-electron chi connectivity index (χ2n) is 4.69. The van der Waals surface area contributed by atoms with Crippen LogP contribution in [0.3, 0.4) is 0 Å². The molecule has 0 fully saturated rings. The summed E-state index contributed by atoms with van der Waals surface area (Å²) < 4.78 is 0. The number of benzene rings is 1. The van der Waals surface area contributed by atoms with Gasteiger partial charge in [0.1, 0.15) is 0 Å². The fraction of sp³-hybridized carbons (Fsp3) is 0.429. The molecule has 3 N–H and O–H groups in total. The molecule has 0 saturated carbocycles. The van der Waals surface area contributed by atoms with E-state index in [1.165, 1.54) is 6.92 Å². The molecule has 5 nitrogen and oxygen atoms in total. The Balaban J connectivity index is 2.38. The van der Waals surface area contributed by atoms with Crippen LogP contribution in [0.4, 0.5) is 4.79 Å². The number of hydrogen-bond donors (Lipinski definition) is 3. The van der Waals surface area contributed by atoms with Crippen LogP contribution in [0.5, 0.6) is 0 Å². The van der Waals surface area contributed by atoms with Gasteiger partial charge in [-0.3, -0.25) is 4.79 Å². The molecule has 116 valence electrons. The molecular formula is C14H19Cl2N3O2. The van der Waals surface area contributed by atoms with Gasteiger partial charge in [-0.2, -0.15) is 0 Å². The summed E-state index contributed by atoms with van der Waals surface area (Å²) in [4.78, 5) is 22.3.